The Balaban J connectivity index is 2.14. The maximum absolute atomic E-state index is 12.4. The van der Waals surface area contributed by atoms with Gasteiger partial charge in [-0.05, 0) is 39.0 Å². The van der Waals surface area contributed by atoms with E-state index in [4.69, 9.17) is 5.26 Å². The number of hydrogen-bond acceptors (Lipinski definition) is 4. The van der Waals surface area contributed by atoms with Gasteiger partial charge in [0.05, 0.1) is 11.3 Å². The highest BCUT2D eigenvalue weighted by atomic mass is 32.2. The summed E-state index contributed by atoms with van der Waals surface area (Å²) in [7, 11) is 0. The second-order valence-electron chi connectivity index (χ2n) is 4.71. The molecule has 0 spiro atoms. The Labute approximate surface area is 128 Å². The van der Waals surface area contributed by atoms with Crippen LogP contribution in [0.5, 0.6) is 0 Å². The Hall–Kier alpha value is -2.06. The topological polar surface area (TPSA) is 58.7 Å². The van der Waals surface area contributed by atoms with Crippen LogP contribution in [0.2, 0.25) is 0 Å². The number of aryl methyl sites for hydroxylation is 1. The van der Waals surface area contributed by atoms with Crippen molar-refractivity contribution < 1.29 is 4.79 Å². The van der Waals surface area contributed by atoms with E-state index in [0.29, 0.717) is 16.3 Å². The van der Waals surface area contributed by atoms with Gasteiger partial charge in [0.1, 0.15) is 11.1 Å². The molecule has 0 radical (unpaired) electrons. The number of hydrogen-bond donors (Lipinski definition) is 0. The second kappa shape index (κ2) is 6.59. The SMILES string of the molecule is CCn1c(C)cc(C(=O)CSc2ncccc2C#N)c1C. The number of carbonyl (C=O) groups excluding carboxylic acids is 1. The summed E-state index contributed by atoms with van der Waals surface area (Å²) >= 11 is 1.31. The Kier molecular flexibility index (Phi) is 4.81. The predicted molar refractivity (Wildman–Crippen MR) is 83.6 cm³/mol. The number of ketones is 1. The molecule has 0 unspecified atom stereocenters. The molecule has 2 heterocycles. The minimum Gasteiger partial charge on any atom is -0.349 e. The zero-order valence-electron chi connectivity index (χ0n) is 12.4. The largest absolute Gasteiger partial charge is 0.349 e. The van der Waals surface area contributed by atoms with Crippen LogP contribution in [0.15, 0.2) is 29.4 Å². The van der Waals surface area contributed by atoms with Gasteiger partial charge in [0, 0.05) is 29.7 Å². The molecule has 2 aromatic heterocycles. The highest BCUT2D eigenvalue weighted by Crippen LogP contribution is 2.22. The number of nitriles is 1. The summed E-state index contributed by atoms with van der Waals surface area (Å²) in [5.41, 5.74) is 3.37. The summed E-state index contributed by atoms with van der Waals surface area (Å²) in [6.07, 6.45) is 1.64. The molecule has 4 nitrogen and oxygen atoms in total. The number of thioether (sulfide) groups is 1. The Morgan fingerprint density at radius 1 is 1.48 bits per heavy atom. The first kappa shape index (κ1) is 15.3. The lowest BCUT2D eigenvalue weighted by Crippen LogP contribution is -2.06. The van der Waals surface area contributed by atoms with Gasteiger partial charge in [-0.25, -0.2) is 4.98 Å². The lowest BCUT2D eigenvalue weighted by Gasteiger charge is -2.06. The average molecular weight is 299 g/mol. The fourth-order valence-electron chi connectivity index (χ4n) is 2.37. The number of rotatable bonds is 5. The van der Waals surface area contributed by atoms with Gasteiger partial charge in [0.15, 0.2) is 5.78 Å². The van der Waals surface area contributed by atoms with Gasteiger partial charge < -0.3 is 4.57 Å². The molecule has 5 heteroatoms. The first-order valence-electron chi connectivity index (χ1n) is 6.76. The van der Waals surface area contributed by atoms with Crippen molar-refractivity contribution in [1.29, 1.82) is 5.26 Å². The highest BCUT2D eigenvalue weighted by Gasteiger charge is 2.16. The summed E-state index contributed by atoms with van der Waals surface area (Å²) in [5, 5.41) is 9.63. The van der Waals surface area contributed by atoms with Crippen LogP contribution in [0.1, 0.15) is 34.2 Å². The fourth-order valence-corrected chi connectivity index (χ4v) is 3.20. The Bertz CT molecular complexity index is 713. The monoisotopic (exact) mass is 299 g/mol. The standard InChI is InChI=1S/C16H17N3OS/c1-4-19-11(2)8-14(12(19)3)15(20)10-21-16-13(9-17)6-5-7-18-16/h5-8H,4,10H2,1-3H3. The van der Waals surface area contributed by atoms with Gasteiger partial charge in [-0.15, -0.1) is 0 Å². The minimum atomic E-state index is 0.0716. The molecule has 0 aliphatic carbocycles. The van der Waals surface area contributed by atoms with Gasteiger partial charge in [-0.3, -0.25) is 4.79 Å². The quantitative estimate of drug-likeness (QED) is 0.627. The molecule has 0 aliphatic heterocycles. The number of pyridine rings is 1. The Morgan fingerprint density at radius 3 is 2.86 bits per heavy atom. The summed E-state index contributed by atoms with van der Waals surface area (Å²) in [4.78, 5) is 16.5. The molecule has 2 aromatic rings. The molecule has 0 amide bonds. The first-order chi connectivity index (χ1) is 10.1. The summed E-state index contributed by atoms with van der Waals surface area (Å²) in [6, 6.07) is 7.46. The second-order valence-corrected chi connectivity index (χ2v) is 5.67. The van der Waals surface area contributed by atoms with Crippen LogP contribution in [0.25, 0.3) is 0 Å². The third-order valence-corrected chi connectivity index (χ3v) is 4.43. The molecule has 21 heavy (non-hydrogen) atoms. The van der Waals surface area contributed by atoms with E-state index in [1.54, 1.807) is 18.3 Å². The van der Waals surface area contributed by atoms with Gasteiger partial charge >= 0.3 is 0 Å². The molecule has 0 aromatic carbocycles. The van der Waals surface area contributed by atoms with E-state index in [1.807, 2.05) is 19.9 Å². The van der Waals surface area contributed by atoms with E-state index in [2.05, 4.69) is 22.5 Å². The molecule has 2 rings (SSSR count). The van der Waals surface area contributed by atoms with E-state index >= 15 is 0 Å². The molecule has 0 atom stereocenters. The van der Waals surface area contributed by atoms with Crippen LogP contribution in [0.3, 0.4) is 0 Å². The summed E-state index contributed by atoms with van der Waals surface area (Å²) < 4.78 is 2.12. The number of carbonyl (C=O) groups is 1. The summed E-state index contributed by atoms with van der Waals surface area (Å²) in [6.45, 7) is 6.90. The van der Waals surface area contributed by atoms with Crippen molar-refractivity contribution in [2.75, 3.05) is 5.75 Å². The predicted octanol–water partition coefficient (Wildman–Crippen LogP) is 3.37. The van der Waals surface area contributed by atoms with E-state index in [0.717, 1.165) is 23.5 Å². The van der Waals surface area contributed by atoms with Crippen molar-refractivity contribution in [2.24, 2.45) is 0 Å². The van der Waals surface area contributed by atoms with Crippen LogP contribution in [0.4, 0.5) is 0 Å². The molecule has 0 saturated heterocycles. The molecule has 0 bridgehead atoms. The molecular formula is C16H17N3OS. The number of aromatic nitrogens is 2. The van der Waals surface area contributed by atoms with Crippen LogP contribution in [-0.4, -0.2) is 21.1 Å². The van der Waals surface area contributed by atoms with Crippen molar-refractivity contribution in [2.45, 2.75) is 32.3 Å². The lowest BCUT2D eigenvalue weighted by molar-refractivity contribution is 0.102. The molecule has 0 N–H and O–H groups in total. The van der Waals surface area contributed by atoms with Crippen molar-refractivity contribution in [3.05, 3.63) is 46.9 Å². The number of nitrogens with zero attached hydrogens (tertiary/aromatic N) is 3. The zero-order valence-corrected chi connectivity index (χ0v) is 13.2. The molecule has 0 fully saturated rings. The normalized spacial score (nSPS) is 10.4. The van der Waals surface area contributed by atoms with Crippen molar-refractivity contribution in [3.63, 3.8) is 0 Å². The molecule has 108 valence electrons. The van der Waals surface area contributed by atoms with Crippen molar-refractivity contribution in [3.8, 4) is 6.07 Å². The number of Topliss-reactive ketones (excluding diaryl/α,β-unsaturated/α-hetero) is 1. The van der Waals surface area contributed by atoms with Crippen LogP contribution < -0.4 is 0 Å². The molecule has 0 aliphatic rings. The van der Waals surface area contributed by atoms with Gasteiger partial charge in [-0.1, -0.05) is 11.8 Å². The third-order valence-electron chi connectivity index (χ3n) is 3.42. The van der Waals surface area contributed by atoms with E-state index in [9.17, 15) is 4.79 Å². The first-order valence-corrected chi connectivity index (χ1v) is 7.74. The molecule has 0 saturated carbocycles. The maximum Gasteiger partial charge on any atom is 0.174 e. The summed E-state index contributed by atoms with van der Waals surface area (Å²) in [5.74, 6) is 0.363. The minimum absolute atomic E-state index is 0.0716. The van der Waals surface area contributed by atoms with Crippen LogP contribution >= 0.6 is 11.8 Å². The smallest absolute Gasteiger partial charge is 0.174 e. The van der Waals surface area contributed by atoms with Crippen molar-refractivity contribution in [1.82, 2.24) is 9.55 Å². The molecular weight excluding hydrogens is 282 g/mol. The third kappa shape index (κ3) is 3.17. The Morgan fingerprint density at radius 2 is 2.24 bits per heavy atom. The van der Waals surface area contributed by atoms with E-state index in [-0.39, 0.29) is 5.78 Å². The van der Waals surface area contributed by atoms with Gasteiger partial charge in [0.25, 0.3) is 0 Å². The van der Waals surface area contributed by atoms with Crippen LogP contribution in [-0.2, 0) is 6.54 Å². The maximum atomic E-state index is 12.4. The van der Waals surface area contributed by atoms with Gasteiger partial charge in [-0.2, -0.15) is 5.26 Å². The van der Waals surface area contributed by atoms with E-state index < -0.39 is 0 Å². The average Bonchev–Trinajstić information content (AvgIpc) is 2.79. The lowest BCUT2D eigenvalue weighted by atomic mass is 10.2. The fraction of sp³-hybridized carbons (Fsp3) is 0.312. The zero-order chi connectivity index (χ0) is 15.4. The van der Waals surface area contributed by atoms with Gasteiger partial charge in [0.2, 0.25) is 0 Å². The van der Waals surface area contributed by atoms with Crippen LogP contribution in [0, 0.1) is 25.2 Å². The van der Waals surface area contributed by atoms with E-state index in [1.165, 1.54) is 11.8 Å². The van der Waals surface area contributed by atoms with Crippen molar-refractivity contribution >= 4 is 17.5 Å². The highest BCUT2D eigenvalue weighted by molar-refractivity contribution is 8.00.